The van der Waals surface area contributed by atoms with Crippen molar-refractivity contribution in [3.05, 3.63) is 65.9 Å². The average Bonchev–Trinajstić information content (AvgIpc) is 3.19. The molecule has 9 nitrogen and oxygen atoms in total. The van der Waals surface area contributed by atoms with Crippen LogP contribution in [0.15, 0.2) is 48.9 Å². The normalized spacial score (nSPS) is 14.5. The number of benzene rings is 1. The van der Waals surface area contributed by atoms with Crippen LogP contribution in [0.25, 0.3) is 22.3 Å². The van der Waals surface area contributed by atoms with E-state index in [9.17, 15) is 4.79 Å². The molecule has 1 aliphatic heterocycles. The number of nitrogens with zero attached hydrogens (tertiary/aromatic N) is 7. The summed E-state index contributed by atoms with van der Waals surface area (Å²) in [7, 11) is 3.72. The first-order valence-corrected chi connectivity index (χ1v) is 11.3. The van der Waals surface area contributed by atoms with Crippen molar-refractivity contribution in [1.82, 2.24) is 34.5 Å². The molecule has 1 aromatic carbocycles. The van der Waals surface area contributed by atoms with E-state index in [2.05, 4.69) is 26.9 Å². The summed E-state index contributed by atoms with van der Waals surface area (Å²) >= 11 is 0. The maximum Gasteiger partial charge on any atom is 0.274 e. The Morgan fingerprint density at radius 1 is 1.06 bits per heavy atom. The molecule has 4 aromatic rings. The van der Waals surface area contributed by atoms with Gasteiger partial charge < -0.3 is 14.5 Å². The third kappa shape index (κ3) is 4.34. The molecular formula is C25H27N7O2. The molecular weight excluding hydrogens is 430 g/mol. The Balaban J connectivity index is 1.41. The highest BCUT2D eigenvalue weighted by atomic mass is 16.5. The number of methoxy groups -OCH3 is 1. The number of ether oxygens (including phenoxy) is 1. The van der Waals surface area contributed by atoms with Crippen molar-refractivity contribution < 1.29 is 9.53 Å². The van der Waals surface area contributed by atoms with E-state index in [0.29, 0.717) is 31.0 Å². The molecule has 9 heteroatoms. The third-order valence-electron chi connectivity index (χ3n) is 6.20. The topological polar surface area (TPSA) is 89.3 Å². The lowest BCUT2D eigenvalue weighted by Gasteiger charge is -2.32. The van der Waals surface area contributed by atoms with Crippen molar-refractivity contribution in [1.29, 1.82) is 0 Å². The van der Waals surface area contributed by atoms with Crippen LogP contribution < -0.4 is 4.74 Å². The van der Waals surface area contributed by atoms with Gasteiger partial charge in [-0.25, -0.2) is 14.6 Å². The van der Waals surface area contributed by atoms with Gasteiger partial charge in [-0.15, -0.1) is 0 Å². The van der Waals surface area contributed by atoms with Crippen molar-refractivity contribution >= 4 is 16.9 Å². The summed E-state index contributed by atoms with van der Waals surface area (Å²) in [5.41, 5.74) is 4.58. The number of piperazine rings is 1. The molecule has 174 valence electrons. The predicted octanol–water partition coefficient (Wildman–Crippen LogP) is 2.64. The van der Waals surface area contributed by atoms with Crippen LogP contribution in [0.3, 0.4) is 0 Å². The molecule has 0 aliphatic carbocycles. The molecule has 1 amide bonds. The van der Waals surface area contributed by atoms with Crippen LogP contribution in [0, 0.1) is 6.92 Å². The van der Waals surface area contributed by atoms with Gasteiger partial charge >= 0.3 is 0 Å². The average molecular weight is 458 g/mol. The Morgan fingerprint density at radius 2 is 1.82 bits per heavy atom. The summed E-state index contributed by atoms with van der Waals surface area (Å²) in [6, 6.07) is 9.94. The Morgan fingerprint density at radius 3 is 2.56 bits per heavy atom. The SMILES string of the molecule is COc1ccc(Cn2nc(C)c3cc(-c4cncc(C(=O)N5CCN(C)CC5)n4)cnc32)cc1. The highest BCUT2D eigenvalue weighted by Gasteiger charge is 2.22. The fourth-order valence-electron chi connectivity index (χ4n) is 4.15. The van der Waals surface area contributed by atoms with E-state index in [4.69, 9.17) is 9.84 Å². The van der Waals surface area contributed by atoms with E-state index < -0.39 is 0 Å². The lowest BCUT2D eigenvalue weighted by Crippen LogP contribution is -2.47. The summed E-state index contributed by atoms with van der Waals surface area (Å²) in [6.45, 7) is 5.69. The molecule has 0 atom stereocenters. The minimum atomic E-state index is -0.0834. The van der Waals surface area contributed by atoms with Gasteiger partial charge in [-0.3, -0.25) is 9.78 Å². The van der Waals surface area contributed by atoms with Crippen molar-refractivity contribution in [2.24, 2.45) is 0 Å². The number of hydrogen-bond acceptors (Lipinski definition) is 7. The molecule has 0 radical (unpaired) electrons. The first-order valence-electron chi connectivity index (χ1n) is 11.3. The molecule has 0 bridgehead atoms. The zero-order valence-electron chi connectivity index (χ0n) is 19.6. The van der Waals surface area contributed by atoms with Crippen LogP contribution in [-0.2, 0) is 6.54 Å². The number of aryl methyl sites for hydroxylation is 1. The standard InChI is InChI=1S/C25H27N7O2/c1-17-21-12-19(13-27-24(21)32(29-17)16-18-4-6-20(34-3)7-5-18)22-14-26-15-23(28-22)25(33)31-10-8-30(2)9-11-31/h4-7,12-15H,8-11,16H2,1-3H3. The lowest BCUT2D eigenvalue weighted by atomic mass is 10.1. The number of pyridine rings is 1. The fourth-order valence-corrected chi connectivity index (χ4v) is 4.15. The predicted molar refractivity (Wildman–Crippen MR) is 129 cm³/mol. The zero-order valence-corrected chi connectivity index (χ0v) is 19.6. The number of amides is 1. The Kier molecular flexibility index (Phi) is 5.93. The van der Waals surface area contributed by atoms with Gasteiger partial charge in [0, 0.05) is 43.3 Å². The number of likely N-dealkylation sites (N-methyl/N-ethyl adjacent to an activating group) is 1. The van der Waals surface area contributed by atoms with Crippen molar-refractivity contribution in [3.8, 4) is 17.0 Å². The second-order valence-corrected chi connectivity index (χ2v) is 8.57. The molecule has 1 aliphatic rings. The van der Waals surface area contributed by atoms with Crippen molar-refractivity contribution in [3.63, 3.8) is 0 Å². The lowest BCUT2D eigenvalue weighted by molar-refractivity contribution is 0.0658. The van der Waals surface area contributed by atoms with Crippen LogP contribution in [0.5, 0.6) is 5.75 Å². The van der Waals surface area contributed by atoms with Crippen LogP contribution in [-0.4, -0.2) is 80.8 Å². The molecule has 0 saturated carbocycles. The summed E-state index contributed by atoms with van der Waals surface area (Å²) in [5.74, 6) is 0.738. The molecule has 0 spiro atoms. The molecule has 34 heavy (non-hydrogen) atoms. The van der Waals surface area contributed by atoms with E-state index in [-0.39, 0.29) is 5.91 Å². The molecule has 5 rings (SSSR count). The minimum Gasteiger partial charge on any atom is -0.497 e. The summed E-state index contributed by atoms with van der Waals surface area (Å²) in [5, 5.41) is 5.65. The quantitative estimate of drug-likeness (QED) is 0.455. The monoisotopic (exact) mass is 457 g/mol. The Bertz CT molecular complexity index is 1330. The highest BCUT2D eigenvalue weighted by Crippen LogP contribution is 2.24. The number of rotatable bonds is 5. The van der Waals surface area contributed by atoms with Gasteiger partial charge in [-0.1, -0.05) is 12.1 Å². The van der Waals surface area contributed by atoms with Gasteiger partial charge in [0.05, 0.1) is 37.4 Å². The maximum atomic E-state index is 12.9. The highest BCUT2D eigenvalue weighted by molar-refractivity contribution is 5.92. The number of carbonyl (C=O) groups is 1. The van der Waals surface area contributed by atoms with E-state index in [1.165, 1.54) is 6.20 Å². The molecule has 1 saturated heterocycles. The van der Waals surface area contributed by atoms with E-state index in [0.717, 1.165) is 46.7 Å². The Hall–Kier alpha value is -3.85. The van der Waals surface area contributed by atoms with Crippen molar-refractivity contribution in [2.45, 2.75) is 13.5 Å². The van der Waals surface area contributed by atoms with Gasteiger partial charge in [0.25, 0.3) is 5.91 Å². The number of aromatic nitrogens is 5. The second-order valence-electron chi connectivity index (χ2n) is 8.57. The summed E-state index contributed by atoms with van der Waals surface area (Å²) in [6.07, 6.45) is 4.97. The van der Waals surface area contributed by atoms with Crippen molar-refractivity contribution in [2.75, 3.05) is 40.3 Å². The number of hydrogen-bond donors (Lipinski definition) is 0. The molecule has 0 N–H and O–H groups in total. The maximum absolute atomic E-state index is 12.9. The van der Waals surface area contributed by atoms with Crippen LogP contribution in [0.1, 0.15) is 21.7 Å². The molecule has 3 aromatic heterocycles. The van der Waals surface area contributed by atoms with Gasteiger partial charge in [0.2, 0.25) is 0 Å². The van der Waals surface area contributed by atoms with Gasteiger partial charge in [-0.05, 0) is 37.7 Å². The zero-order chi connectivity index (χ0) is 23.7. The molecule has 4 heterocycles. The first-order chi connectivity index (χ1) is 16.5. The van der Waals surface area contributed by atoms with E-state index in [1.54, 1.807) is 19.5 Å². The fraction of sp³-hybridized carbons (Fsp3) is 0.320. The third-order valence-corrected chi connectivity index (χ3v) is 6.20. The van der Waals surface area contributed by atoms with Crippen LogP contribution in [0.4, 0.5) is 0 Å². The van der Waals surface area contributed by atoms with Gasteiger partial charge in [-0.2, -0.15) is 5.10 Å². The van der Waals surface area contributed by atoms with E-state index >= 15 is 0 Å². The Labute approximate surface area is 198 Å². The van der Waals surface area contributed by atoms with Gasteiger partial charge in [0.1, 0.15) is 11.4 Å². The van der Waals surface area contributed by atoms with Gasteiger partial charge in [0.15, 0.2) is 5.65 Å². The molecule has 0 unspecified atom stereocenters. The molecule has 1 fully saturated rings. The van der Waals surface area contributed by atoms with Crippen LogP contribution >= 0.6 is 0 Å². The minimum absolute atomic E-state index is 0.0834. The van der Waals surface area contributed by atoms with E-state index in [1.807, 2.05) is 46.8 Å². The summed E-state index contributed by atoms with van der Waals surface area (Å²) < 4.78 is 7.14. The summed E-state index contributed by atoms with van der Waals surface area (Å²) in [4.78, 5) is 30.6. The second kappa shape index (κ2) is 9.18. The number of carbonyl (C=O) groups excluding carboxylic acids is 1. The smallest absolute Gasteiger partial charge is 0.274 e. The largest absolute Gasteiger partial charge is 0.497 e. The van der Waals surface area contributed by atoms with Crippen LogP contribution in [0.2, 0.25) is 0 Å². The number of fused-ring (bicyclic) bond motifs is 1. The first kappa shape index (κ1) is 22.0.